The third kappa shape index (κ3) is 6.04. The van der Waals surface area contributed by atoms with Crippen molar-refractivity contribution in [3.8, 4) is 0 Å². The van der Waals surface area contributed by atoms with E-state index in [1.165, 1.54) is 0 Å². The van der Waals surface area contributed by atoms with E-state index in [0.717, 1.165) is 25.7 Å². The third-order valence-electron chi connectivity index (χ3n) is 4.83. The molecule has 0 aromatic heterocycles. The van der Waals surface area contributed by atoms with Crippen LogP contribution in [-0.2, 0) is 18.9 Å². The Bertz CT molecular complexity index is 425. The maximum atomic E-state index is 10.1. The molecule has 6 N–H and O–H groups in total. The number of ether oxygens (including phenoxy) is 4. The van der Waals surface area contributed by atoms with Crippen LogP contribution in [0.15, 0.2) is 0 Å². The lowest BCUT2D eigenvalue weighted by Crippen LogP contribution is -2.60. The number of rotatable bonds is 9. The van der Waals surface area contributed by atoms with E-state index in [-0.39, 0.29) is 13.2 Å². The summed E-state index contributed by atoms with van der Waals surface area (Å²) in [6.45, 7) is 1.92. The van der Waals surface area contributed by atoms with Crippen LogP contribution in [0.1, 0.15) is 32.6 Å². The summed E-state index contributed by atoms with van der Waals surface area (Å²) in [6.07, 6.45) is -7.94. The zero-order chi connectivity index (χ0) is 20.0. The zero-order valence-electron chi connectivity index (χ0n) is 15.5. The molecule has 0 aromatic rings. The minimum atomic E-state index is -1.49. The summed E-state index contributed by atoms with van der Waals surface area (Å²) >= 11 is 0. The Labute approximate surface area is 158 Å². The first-order valence-corrected chi connectivity index (χ1v) is 9.45. The Hall–Kier alpha value is -0.400. The van der Waals surface area contributed by atoms with Crippen LogP contribution >= 0.6 is 0 Å². The lowest BCUT2D eigenvalue weighted by Gasteiger charge is -2.41. The molecule has 9 atom stereocenters. The van der Waals surface area contributed by atoms with Gasteiger partial charge in [-0.15, -0.1) is 0 Å². The van der Waals surface area contributed by atoms with E-state index in [0.29, 0.717) is 6.61 Å². The van der Waals surface area contributed by atoms with Gasteiger partial charge in [-0.05, 0) is 6.42 Å². The summed E-state index contributed by atoms with van der Waals surface area (Å²) in [7, 11) is 0. The van der Waals surface area contributed by atoms with E-state index >= 15 is 0 Å². The molecule has 0 unspecified atom stereocenters. The highest BCUT2D eigenvalue weighted by Crippen LogP contribution is 2.24. The molecule has 0 saturated carbocycles. The van der Waals surface area contributed by atoms with Gasteiger partial charge in [0.15, 0.2) is 12.6 Å². The van der Waals surface area contributed by atoms with Crippen LogP contribution in [0.3, 0.4) is 0 Å². The van der Waals surface area contributed by atoms with Crippen molar-refractivity contribution in [1.82, 2.24) is 0 Å². The molecule has 2 rings (SSSR count). The normalized spacial score (nSPS) is 43.0. The van der Waals surface area contributed by atoms with E-state index in [4.69, 9.17) is 18.9 Å². The van der Waals surface area contributed by atoms with Crippen molar-refractivity contribution in [3.63, 3.8) is 0 Å². The van der Waals surface area contributed by atoms with E-state index in [1.807, 2.05) is 0 Å². The molecule has 2 aliphatic heterocycles. The maximum absolute atomic E-state index is 10.1. The fourth-order valence-corrected chi connectivity index (χ4v) is 3.04. The van der Waals surface area contributed by atoms with E-state index in [1.54, 1.807) is 0 Å². The molecule has 10 nitrogen and oxygen atoms in total. The summed E-state index contributed by atoms with van der Waals surface area (Å²) in [5.74, 6) is 0. The molecule has 0 spiro atoms. The number of hydrogen-bond acceptors (Lipinski definition) is 10. The van der Waals surface area contributed by atoms with Gasteiger partial charge >= 0.3 is 0 Å². The second kappa shape index (κ2) is 11.0. The van der Waals surface area contributed by atoms with Gasteiger partial charge in [0.1, 0.15) is 42.7 Å². The molecule has 0 aliphatic carbocycles. The summed E-state index contributed by atoms with van der Waals surface area (Å²) in [5, 5.41) is 59.1. The molecule has 27 heavy (non-hydrogen) atoms. The molecule has 0 bridgehead atoms. The molecule has 2 heterocycles. The highest BCUT2D eigenvalue weighted by Gasteiger charge is 2.45. The Morgan fingerprint density at radius 3 is 2.19 bits per heavy atom. The van der Waals surface area contributed by atoms with Gasteiger partial charge in [-0.25, -0.2) is 0 Å². The first-order valence-electron chi connectivity index (χ1n) is 9.45. The maximum Gasteiger partial charge on any atom is 0.186 e. The third-order valence-corrected chi connectivity index (χ3v) is 4.83. The average Bonchev–Trinajstić information content (AvgIpc) is 2.66. The molecular weight excluding hydrogens is 364 g/mol. The number of aliphatic hydroxyl groups is 6. The van der Waals surface area contributed by atoms with E-state index < -0.39 is 55.3 Å². The standard InChI is InChI=1S/C17H32O10/c1-2-3-4-5-6-24-17-15(23)13(21)12(20)10(27-17)8-26-16-14(22)11(19)9(18)7-25-16/h9-23H,2-8H2,1H3/t9-,10-,11-,12-,13-,14+,15+,16+,17-/m1/s1. The largest absolute Gasteiger partial charge is 0.388 e. The van der Waals surface area contributed by atoms with Crippen LogP contribution in [0, 0.1) is 0 Å². The lowest BCUT2D eigenvalue weighted by atomic mass is 9.99. The van der Waals surface area contributed by atoms with Gasteiger partial charge in [0.2, 0.25) is 0 Å². The summed E-state index contributed by atoms with van der Waals surface area (Å²) in [5.41, 5.74) is 0. The summed E-state index contributed by atoms with van der Waals surface area (Å²) in [6, 6.07) is 0. The van der Waals surface area contributed by atoms with Crippen molar-refractivity contribution >= 4 is 0 Å². The molecule has 2 saturated heterocycles. The predicted octanol–water partition coefficient (Wildman–Crippen LogP) is -2.15. The molecule has 10 heteroatoms. The highest BCUT2D eigenvalue weighted by molar-refractivity contribution is 4.90. The number of unbranched alkanes of at least 4 members (excludes halogenated alkanes) is 3. The van der Waals surface area contributed by atoms with Crippen LogP contribution in [0.5, 0.6) is 0 Å². The van der Waals surface area contributed by atoms with Gasteiger partial charge in [0.25, 0.3) is 0 Å². The first-order chi connectivity index (χ1) is 12.9. The van der Waals surface area contributed by atoms with Gasteiger partial charge < -0.3 is 49.6 Å². The van der Waals surface area contributed by atoms with Crippen molar-refractivity contribution in [2.75, 3.05) is 19.8 Å². The van der Waals surface area contributed by atoms with Crippen LogP contribution in [0.2, 0.25) is 0 Å². The molecule has 2 aliphatic rings. The van der Waals surface area contributed by atoms with Crippen molar-refractivity contribution < 1.29 is 49.6 Å². The first kappa shape index (κ1) is 22.9. The summed E-state index contributed by atoms with van der Waals surface area (Å²) in [4.78, 5) is 0. The highest BCUT2D eigenvalue weighted by atomic mass is 16.7. The Balaban J connectivity index is 1.83. The van der Waals surface area contributed by atoms with Gasteiger partial charge in [0.05, 0.1) is 13.2 Å². The minimum Gasteiger partial charge on any atom is -0.388 e. The Morgan fingerprint density at radius 1 is 0.778 bits per heavy atom. The Morgan fingerprint density at radius 2 is 1.48 bits per heavy atom. The van der Waals surface area contributed by atoms with Crippen LogP contribution in [0.4, 0.5) is 0 Å². The minimum absolute atomic E-state index is 0.220. The number of aliphatic hydroxyl groups excluding tert-OH is 6. The molecule has 0 radical (unpaired) electrons. The Kier molecular flexibility index (Phi) is 9.29. The van der Waals surface area contributed by atoms with Crippen molar-refractivity contribution in [1.29, 1.82) is 0 Å². The second-order valence-corrected chi connectivity index (χ2v) is 7.03. The van der Waals surface area contributed by atoms with Crippen LogP contribution in [0.25, 0.3) is 0 Å². The van der Waals surface area contributed by atoms with Gasteiger partial charge in [0, 0.05) is 6.61 Å². The van der Waals surface area contributed by atoms with Crippen LogP contribution in [-0.4, -0.2) is 106 Å². The number of hydrogen-bond donors (Lipinski definition) is 6. The van der Waals surface area contributed by atoms with E-state index in [2.05, 4.69) is 6.92 Å². The van der Waals surface area contributed by atoms with E-state index in [9.17, 15) is 30.6 Å². The molecular formula is C17H32O10. The second-order valence-electron chi connectivity index (χ2n) is 7.03. The van der Waals surface area contributed by atoms with Gasteiger partial charge in [-0.3, -0.25) is 0 Å². The van der Waals surface area contributed by atoms with Gasteiger partial charge in [-0.1, -0.05) is 26.2 Å². The topological polar surface area (TPSA) is 158 Å². The fraction of sp³-hybridized carbons (Fsp3) is 1.00. The van der Waals surface area contributed by atoms with Gasteiger partial charge in [-0.2, -0.15) is 0 Å². The quantitative estimate of drug-likeness (QED) is 0.237. The van der Waals surface area contributed by atoms with Crippen molar-refractivity contribution in [2.24, 2.45) is 0 Å². The molecule has 160 valence electrons. The predicted molar refractivity (Wildman–Crippen MR) is 90.5 cm³/mol. The monoisotopic (exact) mass is 396 g/mol. The SMILES string of the molecule is CCCCCCO[C@@H]1O[C@H](CO[C@@H]2OC[C@@H](O)[C@@H](O)[C@@H]2O)[C@@H](O)[C@@H](O)[C@@H]1O. The van der Waals surface area contributed by atoms with Crippen molar-refractivity contribution in [2.45, 2.75) is 87.9 Å². The molecule has 2 fully saturated rings. The zero-order valence-corrected chi connectivity index (χ0v) is 15.5. The molecule has 0 amide bonds. The summed E-state index contributed by atoms with van der Waals surface area (Å²) < 4.78 is 21.4. The smallest absolute Gasteiger partial charge is 0.186 e. The van der Waals surface area contributed by atoms with Crippen LogP contribution < -0.4 is 0 Å². The average molecular weight is 396 g/mol. The van der Waals surface area contributed by atoms with Crippen molar-refractivity contribution in [3.05, 3.63) is 0 Å². The lowest BCUT2D eigenvalue weighted by molar-refractivity contribution is -0.320. The fourth-order valence-electron chi connectivity index (χ4n) is 3.04. The molecule has 0 aromatic carbocycles.